The minimum Gasteiger partial charge on any atom is -0.480 e. The quantitative estimate of drug-likeness (QED) is 0.678. The van der Waals surface area contributed by atoms with Crippen molar-refractivity contribution < 1.29 is 14.7 Å². The average Bonchev–Trinajstić information content (AvgIpc) is 2.14. The number of hydrogen-bond acceptors (Lipinski definition) is 2. The van der Waals surface area contributed by atoms with E-state index in [1.54, 1.807) is 0 Å². The molecule has 0 fully saturated rings. The molecule has 0 aromatic carbocycles. The third kappa shape index (κ3) is 4.63. The van der Waals surface area contributed by atoms with Crippen molar-refractivity contribution in [1.29, 1.82) is 0 Å². The largest absolute Gasteiger partial charge is 0.480 e. The Kier molecular flexibility index (Phi) is 5.67. The van der Waals surface area contributed by atoms with Gasteiger partial charge in [0, 0.05) is 12.5 Å². The molecule has 1 atom stereocenters. The van der Waals surface area contributed by atoms with Crippen LogP contribution in [0.15, 0.2) is 12.7 Å². The highest BCUT2D eigenvalue weighted by molar-refractivity contribution is 5.83. The van der Waals surface area contributed by atoms with Crippen molar-refractivity contribution in [2.24, 2.45) is 11.8 Å². The lowest BCUT2D eigenvalue weighted by atomic mass is 9.96. The maximum atomic E-state index is 11.8. The van der Waals surface area contributed by atoms with Crippen molar-refractivity contribution in [3.05, 3.63) is 12.7 Å². The maximum Gasteiger partial charge on any atom is 0.323 e. The third-order valence-corrected chi connectivity index (χ3v) is 2.38. The topological polar surface area (TPSA) is 57.6 Å². The predicted octanol–water partition coefficient (Wildman–Crippen LogP) is 1.38. The van der Waals surface area contributed by atoms with Gasteiger partial charge >= 0.3 is 5.97 Å². The van der Waals surface area contributed by atoms with Crippen LogP contribution in [0.5, 0.6) is 0 Å². The Hall–Kier alpha value is -1.32. The van der Waals surface area contributed by atoms with Crippen LogP contribution in [-0.4, -0.2) is 35.0 Å². The van der Waals surface area contributed by atoms with E-state index < -0.39 is 5.97 Å². The normalized spacial score (nSPS) is 12.3. The van der Waals surface area contributed by atoms with E-state index in [0.29, 0.717) is 0 Å². The Morgan fingerprint density at radius 1 is 1.40 bits per heavy atom. The summed E-state index contributed by atoms with van der Waals surface area (Å²) >= 11 is 0. The molecule has 0 rings (SSSR count). The zero-order valence-electron chi connectivity index (χ0n) is 9.56. The zero-order chi connectivity index (χ0) is 12.0. The Morgan fingerprint density at radius 3 is 2.27 bits per heavy atom. The summed E-state index contributed by atoms with van der Waals surface area (Å²) in [6.07, 6.45) is 1.54. The van der Waals surface area contributed by atoms with Crippen LogP contribution in [-0.2, 0) is 9.59 Å². The first kappa shape index (κ1) is 13.7. The Balaban J connectivity index is 4.53. The fourth-order valence-corrected chi connectivity index (χ4v) is 1.12. The molecule has 0 aromatic rings. The van der Waals surface area contributed by atoms with Crippen molar-refractivity contribution in [3.8, 4) is 0 Å². The van der Waals surface area contributed by atoms with Crippen LogP contribution in [0.1, 0.15) is 20.8 Å². The molecule has 0 aliphatic heterocycles. The molecule has 0 aromatic heterocycles. The molecule has 0 heterocycles. The van der Waals surface area contributed by atoms with Crippen LogP contribution < -0.4 is 0 Å². The number of aliphatic carboxylic acids is 1. The highest BCUT2D eigenvalue weighted by Gasteiger charge is 2.23. The molecule has 1 unspecified atom stereocenters. The van der Waals surface area contributed by atoms with Gasteiger partial charge in [0.05, 0.1) is 0 Å². The van der Waals surface area contributed by atoms with E-state index in [-0.39, 0.29) is 30.8 Å². The summed E-state index contributed by atoms with van der Waals surface area (Å²) in [5.41, 5.74) is 0. The van der Waals surface area contributed by atoms with Crippen molar-refractivity contribution in [1.82, 2.24) is 4.90 Å². The van der Waals surface area contributed by atoms with E-state index in [2.05, 4.69) is 6.58 Å². The number of carbonyl (C=O) groups is 2. The standard InChI is InChI=1S/C11H19NO3/c1-5-6-12(7-10(13)14)11(15)9(4)8(2)3/h5,8-9H,1,6-7H2,2-4H3,(H,13,14). The molecule has 0 spiro atoms. The molecular weight excluding hydrogens is 194 g/mol. The van der Waals surface area contributed by atoms with Crippen LogP contribution in [0.25, 0.3) is 0 Å². The van der Waals surface area contributed by atoms with Crippen LogP contribution in [0, 0.1) is 11.8 Å². The van der Waals surface area contributed by atoms with Crippen LogP contribution >= 0.6 is 0 Å². The molecular formula is C11H19NO3. The van der Waals surface area contributed by atoms with E-state index in [1.165, 1.54) is 11.0 Å². The smallest absolute Gasteiger partial charge is 0.323 e. The molecule has 1 amide bonds. The first-order chi connectivity index (χ1) is 6.90. The van der Waals surface area contributed by atoms with Gasteiger partial charge in [-0.15, -0.1) is 6.58 Å². The third-order valence-electron chi connectivity index (χ3n) is 2.38. The number of carboxylic acid groups (broad SMARTS) is 1. The summed E-state index contributed by atoms with van der Waals surface area (Å²) in [6, 6.07) is 0. The van der Waals surface area contributed by atoms with Gasteiger partial charge in [0.25, 0.3) is 0 Å². The highest BCUT2D eigenvalue weighted by Crippen LogP contribution is 2.13. The lowest BCUT2D eigenvalue weighted by molar-refractivity contribution is -0.146. The molecule has 0 aliphatic carbocycles. The summed E-state index contributed by atoms with van der Waals surface area (Å²) < 4.78 is 0. The minimum atomic E-state index is -0.999. The molecule has 4 nitrogen and oxygen atoms in total. The number of amides is 1. The number of nitrogens with zero attached hydrogens (tertiary/aromatic N) is 1. The number of carboxylic acids is 1. The van der Waals surface area contributed by atoms with Crippen LogP contribution in [0.3, 0.4) is 0 Å². The molecule has 0 aliphatic rings. The van der Waals surface area contributed by atoms with E-state index in [1.807, 2.05) is 20.8 Å². The molecule has 0 bridgehead atoms. The van der Waals surface area contributed by atoms with E-state index in [4.69, 9.17) is 5.11 Å². The molecule has 1 N–H and O–H groups in total. The van der Waals surface area contributed by atoms with Crippen molar-refractivity contribution in [2.45, 2.75) is 20.8 Å². The van der Waals surface area contributed by atoms with Gasteiger partial charge in [-0.05, 0) is 5.92 Å². The molecule has 0 saturated heterocycles. The zero-order valence-corrected chi connectivity index (χ0v) is 9.56. The fourth-order valence-electron chi connectivity index (χ4n) is 1.12. The molecule has 4 heteroatoms. The number of hydrogen-bond donors (Lipinski definition) is 1. The SMILES string of the molecule is C=CCN(CC(=O)O)C(=O)C(C)C(C)C. The number of rotatable bonds is 6. The average molecular weight is 213 g/mol. The highest BCUT2D eigenvalue weighted by atomic mass is 16.4. The van der Waals surface area contributed by atoms with Crippen molar-refractivity contribution >= 4 is 11.9 Å². The molecule has 86 valence electrons. The Morgan fingerprint density at radius 2 is 1.93 bits per heavy atom. The maximum absolute atomic E-state index is 11.8. The van der Waals surface area contributed by atoms with Crippen LogP contribution in [0.4, 0.5) is 0 Å². The Bertz CT molecular complexity index is 248. The van der Waals surface area contributed by atoms with Gasteiger partial charge in [0.15, 0.2) is 0 Å². The summed E-state index contributed by atoms with van der Waals surface area (Å²) in [5, 5.41) is 8.65. The fraction of sp³-hybridized carbons (Fsp3) is 0.636. The van der Waals surface area contributed by atoms with Gasteiger partial charge < -0.3 is 10.0 Å². The van der Waals surface area contributed by atoms with Gasteiger partial charge in [-0.2, -0.15) is 0 Å². The lowest BCUT2D eigenvalue weighted by Gasteiger charge is -2.24. The van der Waals surface area contributed by atoms with Crippen molar-refractivity contribution in [3.63, 3.8) is 0 Å². The van der Waals surface area contributed by atoms with Gasteiger partial charge in [-0.3, -0.25) is 9.59 Å². The van der Waals surface area contributed by atoms with Crippen LogP contribution in [0.2, 0.25) is 0 Å². The predicted molar refractivity (Wildman–Crippen MR) is 58.4 cm³/mol. The summed E-state index contributed by atoms with van der Waals surface area (Å²) in [6.45, 7) is 9.22. The second kappa shape index (κ2) is 6.22. The van der Waals surface area contributed by atoms with Gasteiger partial charge in [-0.1, -0.05) is 26.8 Å². The first-order valence-corrected chi connectivity index (χ1v) is 5.01. The molecule has 0 saturated carbocycles. The van der Waals surface area contributed by atoms with Crippen molar-refractivity contribution in [2.75, 3.05) is 13.1 Å². The minimum absolute atomic E-state index is 0.132. The monoisotopic (exact) mass is 213 g/mol. The second-order valence-corrected chi connectivity index (χ2v) is 3.93. The van der Waals surface area contributed by atoms with E-state index >= 15 is 0 Å². The lowest BCUT2D eigenvalue weighted by Crippen LogP contribution is -2.40. The molecule has 15 heavy (non-hydrogen) atoms. The number of carbonyl (C=O) groups excluding carboxylic acids is 1. The Labute approximate surface area is 90.6 Å². The first-order valence-electron chi connectivity index (χ1n) is 5.01. The van der Waals surface area contributed by atoms with Gasteiger partial charge in [0.2, 0.25) is 5.91 Å². The van der Waals surface area contributed by atoms with E-state index in [0.717, 1.165) is 0 Å². The van der Waals surface area contributed by atoms with Gasteiger partial charge in [0.1, 0.15) is 6.54 Å². The van der Waals surface area contributed by atoms with Gasteiger partial charge in [-0.25, -0.2) is 0 Å². The summed E-state index contributed by atoms with van der Waals surface area (Å²) in [5.74, 6) is -1.09. The summed E-state index contributed by atoms with van der Waals surface area (Å²) in [4.78, 5) is 23.7. The summed E-state index contributed by atoms with van der Waals surface area (Å²) in [7, 11) is 0. The molecule has 0 radical (unpaired) electrons. The van der Waals surface area contributed by atoms with E-state index in [9.17, 15) is 9.59 Å². The second-order valence-electron chi connectivity index (χ2n) is 3.93.